The molecular formula is C10H14I2O. The van der Waals surface area contributed by atoms with Gasteiger partial charge < -0.3 is 4.74 Å². The van der Waals surface area contributed by atoms with Gasteiger partial charge in [0.1, 0.15) is 0 Å². The highest BCUT2D eigenvalue weighted by Crippen LogP contribution is 2.46. The van der Waals surface area contributed by atoms with Gasteiger partial charge in [0.25, 0.3) is 0 Å². The van der Waals surface area contributed by atoms with Crippen molar-refractivity contribution >= 4 is 45.2 Å². The van der Waals surface area contributed by atoms with Gasteiger partial charge >= 0.3 is 0 Å². The molecule has 0 amide bonds. The van der Waals surface area contributed by atoms with Gasteiger partial charge in [-0.2, -0.15) is 0 Å². The molecule has 1 saturated carbocycles. The Labute approximate surface area is 107 Å². The smallest absolute Gasteiger partial charge is 0.1000 e. The third kappa shape index (κ3) is 2.07. The molecular weight excluding hydrogens is 390 g/mol. The lowest BCUT2D eigenvalue weighted by Gasteiger charge is -2.27. The van der Waals surface area contributed by atoms with Crippen LogP contribution in [0.15, 0.2) is 7.16 Å². The van der Waals surface area contributed by atoms with Crippen molar-refractivity contribution in [1.82, 2.24) is 0 Å². The first kappa shape index (κ1) is 10.7. The third-order valence-corrected chi connectivity index (χ3v) is 6.54. The highest BCUT2D eigenvalue weighted by Gasteiger charge is 2.40. The second kappa shape index (κ2) is 4.35. The molecule has 0 aromatic rings. The molecule has 1 aliphatic heterocycles. The molecule has 0 aromatic heterocycles. The quantitative estimate of drug-likeness (QED) is 0.551. The van der Waals surface area contributed by atoms with Gasteiger partial charge in [0.05, 0.1) is 12.2 Å². The Balaban J connectivity index is 2.19. The second-order valence-electron chi connectivity index (χ2n) is 3.92. The van der Waals surface area contributed by atoms with Crippen molar-refractivity contribution in [3.05, 3.63) is 7.16 Å². The number of hydrogen-bond acceptors (Lipinski definition) is 1. The van der Waals surface area contributed by atoms with Crippen LogP contribution >= 0.6 is 45.2 Å². The van der Waals surface area contributed by atoms with E-state index in [1.807, 2.05) is 0 Å². The Bertz CT molecular complexity index is 227. The summed E-state index contributed by atoms with van der Waals surface area (Å²) in [6.45, 7) is 0.860. The minimum atomic E-state index is 0.146. The maximum atomic E-state index is 6.00. The van der Waals surface area contributed by atoms with E-state index < -0.39 is 0 Å². The van der Waals surface area contributed by atoms with Crippen LogP contribution in [0.2, 0.25) is 0 Å². The van der Waals surface area contributed by atoms with E-state index in [1.165, 1.54) is 45.7 Å². The molecule has 0 aromatic carbocycles. The molecule has 1 fully saturated rings. The molecule has 2 rings (SSSR count). The first-order valence-electron chi connectivity index (χ1n) is 4.93. The lowest BCUT2D eigenvalue weighted by atomic mass is 9.95. The average Bonchev–Trinajstić information content (AvgIpc) is 2.38. The van der Waals surface area contributed by atoms with Crippen LogP contribution in [0, 0.1) is 0 Å². The fourth-order valence-electron chi connectivity index (χ4n) is 2.24. The van der Waals surface area contributed by atoms with Crippen LogP contribution in [0.3, 0.4) is 0 Å². The predicted octanol–water partition coefficient (Wildman–Crippen LogP) is 4.19. The topological polar surface area (TPSA) is 9.23 Å². The Kier molecular flexibility index (Phi) is 3.57. The molecule has 1 nitrogen and oxygen atoms in total. The SMILES string of the molecule is IC1=C(I)C2(CCCCCC2)OC1. The van der Waals surface area contributed by atoms with Crippen molar-refractivity contribution in [1.29, 1.82) is 0 Å². The monoisotopic (exact) mass is 404 g/mol. The van der Waals surface area contributed by atoms with E-state index in [-0.39, 0.29) is 5.60 Å². The molecule has 0 N–H and O–H groups in total. The number of halogens is 2. The molecule has 1 aliphatic carbocycles. The maximum absolute atomic E-state index is 6.00. The molecule has 2 aliphatic rings. The zero-order valence-corrected chi connectivity index (χ0v) is 11.9. The summed E-state index contributed by atoms with van der Waals surface area (Å²) in [7, 11) is 0. The van der Waals surface area contributed by atoms with Crippen LogP contribution in [0.25, 0.3) is 0 Å². The summed E-state index contributed by atoms with van der Waals surface area (Å²) in [4.78, 5) is 0. The normalized spacial score (nSPS) is 28.2. The van der Waals surface area contributed by atoms with Crippen molar-refractivity contribution < 1.29 is 4.74 Å². The van der Waals surface area contributed by atoms with Gasteiger partial charge in [-0.1, -0.05) is 25.7 Å². The predicted molar refractivity (Wildman–Crippen MR) is 71.5 cm³/mol. The summed E-state index contributed by atoms with van der Waals surface area (Å²) in [5.41, 5.74) is 0.146. The van der Waals surface area contributed by atoms with E-state index in [2.05, 4.69) is 45.2 Å². The van der Waals surface area contributed by atoms with E-state index in [0.717, 1.165) is 6.61 Å². The summed E-state index contributed by atoms with van der Waals surface area (Å²) in [6.07, 6.45) is 7.97. The summed E-state index contributed by atoms with van der Waals surface area (Å²) in [6, 6.07) is 0. The highest BCUT2D eigenvalue weighted by atomic mass is 127. The van der Waals surface area contributed by atoms with Crippen molar-refractivity contribution in [2.45, 2.75) is 44.1 Å². The zero-order valence-electron chi connectivity index (χ0n) is 7.61. The van der Waals surface area contributed by atoms with Crippen LogP contribution < -0.4 is 0 Å². The third-order valence-electron chi connectivity index (χ3n) is 3.02. The van der Waals surface area contributed by atoms with E-state index >= 15 is 0 Å². The van der Waals surface area contributed by atoms with Crippen molar-refractivity contribution in [2.24, 2.45) is 0 Å². The summed E-state index contributed by atoms with van der Waals surface area (Å²) in [5, 5.41) is 0. The molecule has 1 heterocycles. The van der Waals surface area contributed by atoms with Gasteiger partial charge in [0.2, 0.25) is 0 Å². The lowest BCUT2D eigenvalue weighted by molar-refractivity contribution is 0.0127. The van der Waals surface area contributed by atoms with Gasteiger partial charge in [-0.15, -0.1) is 0 Å². The van der Waals surface area contributed by atoms with Gasteiger partial charge in [0, 0.05) is 7.16 Å². The Morgan fingerprint density at radius 3 is 2.08 bits per heavy atom. The van der Waals surface area contributed by atoms with Gasteiger partial charge in [-0.25, -0.2) is 0 Å². The Morgan fingerprint density at radius 1 is 1.00 bits per heavy atom. The summed E-state index contributed by atoms with van der Waals surface area (Å²) < 4.78 is 8.92. The van der Waals surface area contributed by atoms with E-state index in [9.17, 15) is 0 Å². The van der Waals surface area contributed by atoms with Crippen LogP contribution in [0.5, 0.6) is 0 Å². The van der Waals surface area contributed by atoms with E-state index in [0.29, 0.717) is 0 Å². The molecule has 13 heavy (non-hydrogen) atoms. The highest BCUT2D eigenvalue weighted by molar-refractivity contribution is 14.1. The van der Waals surface area contributed by atoms with Gasteiger partial charge in [0.15, 0.2) is 0 Å². The van der Waals surface area contributed by atoms with Crippen molar-refractivity contribution in [3.63, 3.8) is 0 Å². The largest absolute Gasteiger partial charge is 0.365 e. The van der Waals surface area contributed by atoms with E-state index in [1.54, 1.807) is 0 Å². The molecule has 0 atom stereocenters. The molecule has 0 saturated heterocycles. The Hall–Kier alpha value is 1.16. The maximum Gasteiger partial charge on any atom is 0.1000 e. The number of rotatable bonds is 0. The molecule has 1 spiro atoms. The fourth-order valence-corrected chi connectivity index (χ4v) is 3.74. The fraction of sp³-hybridized carbons (Fsp3) is 0.800. The number of hydrogen-bond donors (Lipinski definition) is 0. The molecule has 0 radical (unpaired) electrons. The Morgan fingerprint density at radius 2 is 1.62 bits per heavy atom. The molecule has 74 valence electrons. The van der Waals surface area contributed by atoms with Crippen LogP contribution in [0.1, 0.15) is 38.5 Å². The lowest BCUT2D eigenvalue weighted by Crippen LogP contribution is -2.28. The second-order valence-corrected chi connectivity index (χ2v) is 6.30. The van der Waals surface area contributed by atoms with Gasteiger partial charge in [-0.05, 0) is 58.0 Å². The minimum Gasteiger partial charge on any atom is -0.365 e. The zero-order chi connectivity index (χ0) is 9.31. The van der Waals surface area contributed by atoms with Crippen LogP contribution in [-0.4, -0.2) is 12.2 Å². The summed E-state index contributed by atoms with van der Waals surface area (Å²) in [5.74, 6) is 0. The van der Waals surface area contributed by atoms with Gasteiger partial charge in [-0.3, -0.25) is 0 Å². The minimum absolute atomic E-state index is 0.146. The average molecular weight is 404 g/mol. The summed E-state index contributed by atoms with van der Waals surface area (Å²) >= 11 is 4.92. The van der Waals surface area contributed by atoms with Crippen molar-refractivity contribution in [3.8, 4) is 0 Å². The molecule has 0 unspecified atom stereocenters. The first-order chi connectivity index (χ1) is 6.25. The van der Waals surface area contributed by atoms with E-state index in [4.69, 9.17) is 4.74 Å². The molecule has 0 bridgehead atoms. The first-order valence-corrected chi connectivity index (χ1v) is 7.09. The molecule has 3 heteroatoms. The van der Waals surface area contributed by atoms with Crippen molar-refractivity contribution in [2.75, 3.05) is 6.61 Å². The van der Waals surface area contributed by atoms with Crippen LogP contribution in [-0.2, 0) is 4.74 Å². The number of ether oxygens (including phenoxy) is 1. The van der Waals surface area contributed by atoms with Crippen LogP contribution in [0.4, 0.5) is 0 Å². The standard InChI is InChI=1S/C10H14I2O/c11-8-7-13-10(9(8)12)5-3-1-2-4-6-10/h1-7H2.